The van der Waals surface area contributed by atoms with Crippen molar-refractivity contribution in [1.29, 1.82) is 0 Å². The monoisotopic (exact) mass is 1060 g/mol. The van der Waals surface area contributed by atoms with Gasteiger partial charge in [-0.1, -0.05) is 86.6 Å². The molecule has 0 aliphatic carbocycles. The number of sulfonamides is 2. The minimum atomic E-state index is -4.44. The number of rotatable bonds is 19. The van der Waals surface area contributed by atoms with Crippen LogP contribution in [0.25, 0.3) is 0 Å². The summed E-state index contributed by atoms with van der Waals surface area (Å²) in [5.74, 6) is -0.258. The van der Waals surface area contributed by atoms with Crippen LogP contribution in [0.15, 0.2) is 155 Å². The topological polar surface area (TPSA) is 253 Å². The summed E-state index contributed by atoms with van der Waals surface area (Å²) >= 11 is 0. The number of nitrogens with one attached hydrogen (secondary N) is 4. The molecule has 0 saturated carbocycles. The van der Waals surface area contributed by atoms with Crippen molar-refractivity contribution < 1.29 is 51.0 Å². The maximum Gasteiger partial charge on any atom is 0.269 e. The molecule has 394 valence electrons. The van der Waals surface area contributed by atoms with Gasteiger partial charge in [0.15, 0.2) is 0 Å². The van der Waals surface area contributed by atoms with Gasteiger partial charge in [-0.25, -0.2) is 26.3 Å². The summed E-state index contributed by atoms with van der Waals surface area (Å²) in [6.45, 7) is 9.51. The summed E-state index contributed by atoms with van der Waals surface area (Å²) in [5.41, 5.74) is 0.135. The Labute approximate surface area is 437 Å². The van der Waals surface area contributed by atoms with Gasteiger partial charge in [-0.15, -0.1) is 0 Å². The fourth-order valence-corrected chi connectivity index (χ4v) is 11.8. The summed E-state index contributed by atoms with van der Waals surface area (Å²) in [4.78, 5) is 37.1. The number of carbonyl (C=O) groups is 2. The van der Waals surface area contributed by atoms with Crippen LogP contribution in [-0.2, 0) is 38.3 Å². The van der Waals surface area contributed by atoms with Crippen molar-refractivity contribution >= 4 is 37.5 Å². The highest BCUT2D eigenvalue weighted by atomic mass is 32.2. The van der Waals surface area contributed by atoms with Gasteiger partial charge >= 0.3 is 0 Å². The van der Waals surface area contributed by atoms with Gasteiger partial charge in [0, 0.05) is 47.5 Å². The maximum atomic E-state index is 14.2. The van der Waals surface area contributed by atoms with Crippen LogP contribution in [0, 0.1) is 10.1 Å². The summed E-state index contributed by atoms with van der Waals surface area (Å²) in [5, 5.41) is 41.0. The van der Waals surface area contributed by atoms with E-state index in [-0.39, 0.29) is 50.2 Å². The molecule has 0 bridgehead atoms. The zero-order valence-electron chi connectivity index (χ0n) is 42.1. The van der Waals surface area contributed by atoms with E-state index in [2.05, 4.69) is 20.1 Å². The number of amides is 2. The standard InChI is InChI=1S/C56H61N5O12S2/c1-54(2,40-18-22-42(23-19-40)74(68,69)59-48-44-34-38(16-26-46(44)72-55(3,4)50(48)62)52(64)57-32-28-36-12-8-6-9-13-36)30-31-56(5)51(63)49(60-75(70,71)43-24-20-41(21-25-43)61(66)67)45-35-39(17-27-47(45)73-56)53(65)58-33-29-37-14-10-7-11-15-37/h6-27,34-35,48-51,59-60,62-63H,28-33H2,1-5H3,(H,57,64)(H,58,65)/t48-,49-,50+,51+,56?/m1/s1. The molecule has 0 fully saturated rings. The molecule has 17 nitrogen and oxygen atoms in total. The first-order valence-electron chi connectivity index (χ1n) is 24.5. The number of nitrogens with zero attached hydrogens (tertiary/aromatic N) is 1. The summed E-state index contributed by atoms with van der Waals surface area (Å²) in [6, 6.07) is 36.6. The average Bonchev–Trinajstić information content (AvgIpc) is 3.39. The molecular weight excluding hydrogens is 999 g/mol. The first-order chi connectivity index (χ1) is 35.5. The molecule has 5 atom stereocenters. The van der Waals surface area contributed by atoms with Crippen molar-refractivity contribution in [2.24, 2.45) is 0 Å². The van der Waals surface area contributed by atoms with Crippen LogP contribution in [0.1, 0.15) is 108 Å². The largest absolute Gasteiger partial charge is 0.485 e. The summed E-state index contributed by atoms with van der Waals surface area (Å²) in [7, 11) is -8.74. The van der Waals surface area contributed by atoms with Gasteiger partial charge in [0.1, 0.15) is 34.9 Å². The number of carbonyl (C=O) groups excluding carboxylic acids is 2. The van der Waals surface area contributed by atoms with E-state index in [1.54, 1.807) is 57.2 Å². The van der Waals surface area contributed by atoms with Crippen LogP contribution < -0.4 is 29.6 Å². The van der Waals surface area contributed by atoms with Crippen molar-refractivity contribution in [3.05, 3.63) is 195 Å². The maximum absolute atomic E-state index is 14.2. The Balaban J connectivity index is 0.988. The quantitative estimate of drug-likeness (QED) is 0.0343. The molecule has 2 aliphatic heterocycles. The van der Waals surface area contributed by atoms with Gasteiger partial charge in [-0.2, -0.15) is 0 Å². The SMILES string of the molecule is CC(C)(CCC1(C)Oc2ccc(C(=O)NCCc3ccccc3)cc2[C@@H](NS(=O)(=O)c2ccc([N+](=O)[O-])cc2)[C@@H]1O)c1ccc(S(=O)(=O)N[C@@H]2c3cc(C(=O)NCCc4ccccc4)ccc3OC(C)(C)[C@H]2O)cc1. The predicted molar refractivity (Wildman–Crippen MR) is 282 cm³/mol. The molecule has 6 N–H and O–H groups in total. The number of hydrogen-bond donors (Lipinski definition) is 6. The molecule has 6 aromatic rings. The molecule has 0 spiro atoms. The van der Waals surface area contributed by atoms with Gasteiger partial charge in [-0.05, 0) is 129 Å². The second-order valence-electron chi connectivity index (χ2n) is 20.4. The number of nitro benzene ring substituents is 1. The molecule has 1 unspecified atom stereocenters. The number of aliphatic hydroxyl groups excluding tert-OH is 2. The lowest BCUT2D eigenvalue weighted by atomic mass is 9.75. The molecule has 0 saturated heterocycles. The van der Waals surface area contributed by atoms with Crippen LogP contribution in [0.2, 0.25) is 0 Å². The number of non-ortho nitro benzene ring substituents is 1. The highest BCUT2D eigenvalue weighted by Gasteiger charge is 2.49. The lowest BCUT2D eigenvalue weighted by Crippen LogP contribution is -2.55. The lowest BCUT2D eigenvalue weighted by Gasteiger charge is -2.45. The Morgan fingerprint density at radius 3 is 1.53 bits per heavy atom. The number of fused-ring (bicyclic) bond motifs is 2. The van der Waals surface area contributed by atoms with E-state index < -0.39 is 71.8 Å². The second kappa shape index (κ2) is 21.7. The van der Waals surface area contributed by atoms with Gasteiger partial charge in [0.2, 0.25) is 20.0 Å². The molecule has 2 heterocycles. The Morgan fingerprint density at radius 2 is 1.07 bits per heavy atom. The van der Waals surface area contributed by atoms with E-state index in [1.807, 2.05) is 74.5 Å². The van der Waals surface area contributed by atoms with E-state index in [1.165, 1.54) is 24.3 Å². The van der Waals surface area contributed by atoms with Crippen LogP contribution >= 0.6 is 0 Å². The molecule has 0 aromatic heterocycles. The smallest absolute Gasteiger partial charge is 0.269 e. The van der Waals surface area contributed by atoms with Gasteiger partial charge in [-0.3, -0.25) is 19.7 Å². The molecule has 19 heteroatoms. The van der Waals surface area contributed by atoms with Crippen molar-refractivity contribution in [2.45, 2.75) is 111 Å². The Hall–Kier alpha value is -7.00. The lowest BCUT2D eigenvalue weighted by molar-refractivity contribution is -0.384. The second-order valence-corrected chi connectivity index (χ2v) is 23.8. The van der Waals surface area contributed by atoms with Crippen molar-refractivity contribution in [3.63, 3.8) is 0 Å². The van der Waals surface area contributed by atoms with Crippen LogP contribution in [0.5, 0.6) is 11.5 Å². The number of benzene rings is 6. The third-order valence-electron chi connectivity index (χ3n) is 14.1. The number of hydrogen-bond acceptors (Lipinski definition) is 12. The first-order valence-corrected chi connectivity index (χ1v) is 27.5. The van der Waals surface area contributed by atoms with E-state index in [9.17, 15) is 46.8 Å². The van der Waals surface area contributed by atoms with Crippen LogP contribution in [0.3, 0.4) is 0 Å². The zero-order chi connectivity index (χ0) is 53.9. The van der Waals surface area contributed by atoms with Crippen LogP contribution in [0.4, 0.5) is 5.69 Å². The van der Waals surface area contributed by atoms with E-state index in [0.717, 1.165) is 41.0 Å². The normalized spacial score (nSPS) is 20.1. The molecule has 6 aromatic carbocycles. The summed E-state index contributed by atoms with van der Waals surface area (Å²) < 4.78 is 74.2. The van der Waals surface area contributed by atoms with Crippen LogP contribution in [-0.4, -0.2) is 80.3 Å². The molecule has 8 rings (SSSR count). The van der Waals surface area contributed by atoms with Gasteiger partial charge < -0.3 is 30.3 Å². The highest BCUT2D eigenvalue weighted by molar-refractivity contribution is 7.89. The van der Waals surface area contributed by atoms with E-state index in [4.69, 9.17) is 9.47 Å². The fourth-order valence-electron chi connectivity index (χ4n) is 9.40. The first kappa shape index (κ1) is 54.3. The zero-order valence-corrected chi connectivity index (χ0v) is 43.8. The number of nitro groups is 1. The third kappa shape index (κ3) is 12.3. The molecule has 2 aliphatic rings. The van der Waals surface area contributed by atoms with Crippen molar-refractivity contribution in [3.8, 4) is 11.5 Å². The van der Waals surface area contributed by atoms with E-state index in [0.29, 0.717) is 43.7 Å². The van der Waals surface area contributed by atoms with Crippen molar-refractivity contribution in [1.82, 2.24) is 20.1 Å². The third-order valence-corrected chi connectivity index (χ3v) is 17.0. The molecular formula is C56H61N5O12S2. The Kier molecular flexibility index (Phi) is 15.7. The fraction of sp³-hybridized carbons (Fsp3) is 0.321. The van der Waals surface area contributed by atoms with Gasteiger partial charge in [0.05, 0.1) is 26.8 Å². The molecule has 75 heavy (non-hydrogen) atoms. The Morgan fingerprint density at radius 1 is 0.627 bits per heavy atom. The highest BCUT2D eigenvalue weighted by Crippen LogP contribution is 2.45. The number of ether oxygens (including phenoxy) is 2. The predicted octanol–water partition coefficient (Wildman–Crippen LogP) is 7.38. The molecule has 0 radical (unpaired) electrons. The Bertz CT molecular complexity index is 3290. The van der Waals surface area contributed by atoms with E-state index >= 15 is 0 Å². The van der Waals surface area contributed by atoms with Gasteiger partial charge in [0.25, 0.3) is 17.5 Å². The summed E-state index contributed by atoms with van der Waals surface area (Å²) in [6.07, 6.45) is -1.21. The average molecular weight is 1060 g/mol. The molecule has 2 amide bonds. The minimum Gasteiger partial charge on any atom is -0.485 e. The van der Waals surface area contributed by atoms with Crippen molar-refractivity contribution in [2.75, 3.05) is 13.1 Å². The minimum absolute atomic E-state index is 0.0862. The number of aliphatic hydroxyl groups is 2.